The highest BCUT2D eigenvalue weighted by Gasteiger charge is 2.23. The molecule has 0 saturated carbocycles. The van der Waals surface area contributed by atoms with E-state index in [0.717, 1.165) is 25.0 Å². The van der Waals surface area contributed by atoms with E-state index in [0.29, 0.717) is 24.6 Å². The van der Waals surface area contributed by atoms with Crippen LogP contribution in [-0.2, 0) is 16.0 Å². The Hall–Kier alpha value is -2.28. The molecule has 1 amide bonds. The summed E-state index contributed by atoms with van der Waals surface area (Å²) in [4.78, 5) is 20.2. The lowest BCUT2D eigenvalue weighted by atomic mass is 10.1. The Kier molecular flexibility index (Phi) is 4.97. The largest absolute Gasteiger partial charge is 0.376 e. The van der Waals surface area contributed by atoms with E-state index in [-0.39, 0.29) is 18.1 Å². The molecule has 1 N–H and O–H groups in total. The van der Waals surface area contributed by atoms with Crippen molar-refractivity contribution in [2.75, 3.05) is 6.61 Å². The summed E-state index contributed by atoms with van der Waals surface area (Å²) in [6.45, 7) is 2.76. The standard InChI is InChI=1S/C16H20N4O3/c1-11(13-3-2-10-22-13)18-14(21)4-5-15-19-16(20-23-15)12-6-8-17-9-7-12/h6-9,11,13H,2-5,10H2,1H3,(H,18,21)/t11-,13+/m0/s1. The molecule has 122 valence electrons. The normalized spacial score (nSPS) is 18.7. The molecule has 2 aromatic rings. The molecule has 1 fully saturated rings. The second kappa shape index (κ2) is 7.32. The predicted octanol–water partition coefficient (Wildman–Crippen LogP) is 1.75. The lowest BCUT2D eigenvalue weighted by Crippen LogP contribution is -2.40. The average Bonchev–Trinajstić information content (AvgIpc) is 3.25. The smallest absolute Gasteiger partial charge is 0.227 e. The average molecular weight is 316 g/mol. The second-order valence-electron chi connectivity index (χ2n) is 5.66. The summed E-state index contributed by atoms with van der Waals surface area (Å²) in [6.07, 6.45) is 6.26. The Morgan fingerprint density at radius 3 is 3.00 bits per heavy atom. The van der Waals surface area contributed by atoms with Crippen LogP contribution in [0.5, 0.6) is 0 Å². The quantitative estimate of drug-likeness (QED) is 0.873. The predicted molar refractivity (Wildman–Crippen MR) is 82.4 cm³/mol. The minimum atomic E-state index is -0.0309. The van der Waals surface area contributed by atoms with Crippen molar-refractivity contribution in [3.05, 3.63) is 30.4 Å². The Bertz CT molecular complexity index is 638. The van der Waals surface area contributed by atoms with Crippen LogP contribution >= 0.6 is 0 Å². The van der Waals surface area contributed by atoms with Crippen LogP contribution in [0.2, 0.25) is 0 Å². The summed E-state index contributed by atoms with van der Waals surface area (Å²) in [6, 6.07) is 3.65. The minimum Gasteiger partial charge on any atom is -0.376 e. The Labute approximate surface area is 134 Å². The van der Waals surface area contributed by atoms with Gasteiger partial charge in [0.2, 0.25) is 17.6 Å². The van der Waals surface area contributed by atoms with Gasteiger partial charge in [-0.05, 0) is 31.9 Å². The first-order valence-corrected chi connectivity index (χ1v) is 7.86. The van der Waals surface area contributed by atoms with Gasteiger partial charge in [-0.1, -0.05) is 5.16 Å². The van der Waals surface area contributed by atoms with Gasteiger partial charge in [-0.2, -0.15) is 4.98 Å². The molecule has 2 atom stereocenters. The van der Waals surface area contributed by atoms with E-state index in [2.05, 4.69) is 20.4 Å². The number of carbonyl (C=O) groups excluding carboxylic acids is 1. The monoisotopic (exact) mass is 316 g/mol. The topological polar surface area (TPSA) is 90.1 Å². The Morgan fingerprint density at radius 1 is 1.43 bits per heavy atom. The van der Waals surface area contributed by atoms with E-state index >= 15 is 0 Å². The zero-order valence-corrected chi connectivity index (χ0v) is 13.1. The molecule has 0 aromatic carbocycles. The third-order valence-electron chi connectivity index (χ3n) is 3.88. The van der Waals surface area contributed by atoms with Crippen molar-refractivity contribution in [3.63, 3.8) is 0 Å². The zero-order chi connectivity index (χ0) is 16.1. The molecule has 0 spiro atoms. The number of pyridine rings is 1. The number of nitrogens with zero attached hydrogens (tertiary/aromatic N) is 3. The van der Waals surface area contributed by atoms with Crippen LogP contribution < -0.4 is 5.32 Å². The van der Waals surface area contributed by atoms with Gasteiger partial charge in [0.05, 0.1) is 12.1 Å². The number of aromatic nitrogens is 3. The summed E-state index contributed by atoms with van der Waals surface area (Å²) in [7, 11) is 0. The van der Waals surface area contributed by atoms with Crippen molar-refractivity contribution < 1.29 is 14.1 Å². The van der Waals surface area contributed by atoms with Crippen molar-refractivity contribution in [2.45, 2.75) is 44.8 Å². The maximum absolute atomic E-state index is 12.0. The minimum absolute atomic E-state index is 0.0278. The third kappa shape index (κ3) is 4.13. The van der Waals surface area contributed by atoms with Gasteiger partial charge in [0, 0.05) is 37.4 Å². The molecule has 0 aliphatic carbocycles. The van der Waals surface area contributed by atoms with E-state index in [1.807, 2.05) is 19.1 Å². The number of amides is 1. The summed E-state index contributed by atoms with van der Waals surface area (Å²) >= 11 is 0. The van der Waals surface area contributed by atoms with Crippen molar-refractivity contribution in [2.24, 2.45) is 0 Å². The molecule has 7 heteroatoms. The molecule has 0 unspecified atom stereocenters. The molecular formula is C16H20N4O3. The van der Waals surface area contributed by atoms with Gasteiger partial charge in [0.15, 0.2) is 0 Å². The van der Waals surface area contributed by atoms with Crippen LogP contribution in [0.4, 0.5) is 0 Å². The van der Waals surface area contributed by atoms with Crippen molar-refractivity contribution >= 4 is 5.91 Å². The Morgan fingerprint density at radius 2 is 2.26 bits per heavy atom. The first kappa shape index (κ1) is 15.6. The number of hydrogen-bond acceptors (Lipinski definition) is 6. The highest BCUT2D eigenvalue weighted by molar-refractivity contribution is 5.76. The lowest BCUT2D eigenvalue weighted by Gasteiger charge is -2.19. The van der Waals surface area contributed by atoms with Crippen molar-refractivity contribution in [1.29, 1.82) is 0 Å². The first-order valence-electron chi connectivity index (χ1n) is 7.86. The van der Waals surface area contributed by atoms with Crippen LogP contribution in [-0.4, -0.2) is 39.8 Å². The fourth-order valence-electron chi connectivity index (χ4n) is 2.61. The summed E-state index contributed by atoms with van der Waals surface area (Å²) < 4.78 is 10.8. The molecule has 1 saturated heterocycles. The van der Waals surface area contributed by atoms with Crippen LogP contribution in [0.1, 0.15) is 32.1 Å². The highest BCUT2D eigenvalue weighted by Crippen LogP contribution is 2.16. The fraction of sp³-hybridized carbons (Fsp3) is 0.500. The zero-order valence-electron chi connectivity index (χ0n) is 13.1. The van der Waals surface area contributed by atoms with E-state index in [1.165, 1.54) is 0 Å². The Balaban J connectivity index is 1.48. The van der Waals surface area contributed by atoms with Gasteiger partial charge in [0.25, 0.3) is 0 Å². The molecule has 3 rings (SSSR count). The van der Waals surface area contributed by atoms with Crippen LogP contribution in [0.15, 0.2) is 29.0 Å². The molecular weight excluding hydrogens is 296 g/mol. The molecule has 1 aliphatic rings. The summed E-state index contributed by atoms with van der Waals surface area (Å²) in [5, 5.41) is 6.89. The van der Waals surface area contributed by atoms with Gasteiger partial charge in [-0.15, -0.1) is 0 Å². The second-order valence-corrected chi connectivity index (χ2v) is 5.66. The molecule has 7 nitrogen and oxygen atoms in total. The van der Waals surface area contributed by atoms with Crippen molar-refractivity contribution in [1.82, 2.24) is 20.4 Å². The SMILES string of the molecule is C[C@H](NC(=O)CCc1nc(-c2ccncc2)no1)[C@H]1CCCO1. The van der Waals surface area contributed by atoms with E-state index in [4.69, 9.17) is 9.26 Å². The van der Waals surface area contributed by atoms with Gasteiger partial charge >= 0.3 is 0 Å². The number of rotatable bonds is 6. The van der Waals surface area contributed by atoms with E-state index < -0.39 is 0 Å². The highest BCUT2D eigenvalue weighted by atomic mass is 16.5. The number of nitrogens with one attached hydrogen (secondary N) is 1. The number of aryl methyl sites for hydroxylation is 1. The van der Waals surface area contributed by atoms with E-state index in [9.17, 15) is 4.79 Å². The molecule has 0 radical (unpaired) electrons. The van der Waals surface area contributed by atoms with Crippen LogP contribution in [0.25, 0.3) is 11.4 Å². The third-order valence-corrected chi connectivity index (χ3v) is 3.88. The fourth-order valence-corrected chi connectivity index (χ4v) is 2.61. The first-order chi connectivity index (χ1) is 11.2. The molecule has 3 heterocycles. The van der Waals surface area contributed by atoms with Gasteiger partial charge in [-0.3, -0.25) is 9.78 Å². The molecule has 1 aliphatic heterocycles. The van der Waals surface area contributed by atoms with Crippen molar-refractivity contribution in [3.8, 4) is 11.4 Å². The summed E-state index contributed by atoms with van der Waals surface area (Å²) in [5.41, 5.74) is 0.839. The molecule has 2 aromatic heterocycles. The lowest BCUT2D eigenvalue weighted by molar-refractivity contribution is -0.122. The molecule has 0 bridgehead atoms. The summed E-state index contributed by atoms with van der Waals surface area (Å²) in [5.74, 6) is 0.934. The number of ether oxygens (including phenoxy) is 1. The van der Waals surface area contributed by atoms with E-state index in [1.54, 1.807) is 12.4 Å². The maximum Gasteiger partial charge on any atom is 0.227 e. The van der Waals surface area contributed by atoms with Gasteiger partial charge in [-0.25, -0.2) is 0 Å². The van der Waals surface area contributed by atoms with Crippen LogP contribution in [0, 0.1) is 0 Å². The van der Waals surface area contributed by atoms with Gasteiger partial charge in [0.1, 0.15) is 0 Å². The van der Waals surface area contributed by atoms with Gasteiger partial charge < -0.3 is 14.6 Å². The molecule has 23 heavy (non-hydrogen) atoms. The number of hydrogen-bond donors (Lipinski definition) is 1. The maximum atomic E-state index is 12.0. The van der Waals surface area contributed by atoms with Crippen LogP contribution in [0.3, 0.4) is 0 Å². The number of carbonyl (C=O) groups is 1.